The van der Waals surface area contributed by atoms with Crippen LogP contribution in [0.1, 0.15) is 19.4 Å². The Hall–Kier alpha value is -3.88. The number of carbonyl (C=O) groups excluding carboxylic acids is 2. The quantitative estimate of drug-likeness (QED) is 0.265. The van der Waals surface area contributed by atoms with E-state index < -0.39 is 22.6 Å². The summed E-state index contributed by atoms with van der Waals surface area (Å²) in [6.45, 7) is 4.79. The number of hydrogen-bond acceptors (Lipinski definition) is 8. The first-order valence-electron chi connectivity index (χ1n) is 8.60. The van der Waals surface area contributed by atoms with Crippen LogP contribution >= 0.6 is 0 Å². The molecule has 0 atom stereocenters. The molecule has 1 aliphatic rings. The number of rotatable bonds is 5. The molecular weight excluding hydrogens is 380 g/mol. The monoisotopic (exact) mass is 398 g/mol. The van der Waals surface area contributed by atoms with Crippen LogP contribution in [0.3, 0.4) is 0 Å². The molecule has 0 aliphatic carbocycles. The fourth-order valence-corrected chi connectivity index (χ4v) is 2.51. The molecule has 3 rings (SSSR count). The number of nitrogens with zero attached hydrogens (tertiary/aromatic N) is 1. The maximum absolute atomic E-state index is 12.0. The highest BCUT2D eigenvalue weighted by atomic mass is 16.7. The van der Waals surface area contributed by atoms with Gasteiger partial charge in [0.05, 0.1) is 11.0 Å². The van der Waals surface area contributed by atoms with E-state index in [0.717, 1.165) is 11.8 Å². The molecule has 1 aliphatic heterocycles. The summed E-state index contributed by atoms with van der Waals surface area (Å²) in [4.78, 5) is 34.6. The Kier molecular flexibility index (Phi) is 5.22. The molecule has 0 bridgehead atoms. The van der Waals surface area contributed by atoms with Crippen molar-refractivity contribution in [2.24, 2.45) is 0 Å². The van der Waals surface area contributed by atoms with E-state index in [4.69, 9.17) is 14.2 Å². The molecule has 29 heavy (non-hydrogen) atoms. The van der Waals surface area contributed by atoms with Crippen LogP contribution in [0.4, 0.5) is 11.4 Å². The molecule has 150 valence electrons. The zero-order chi connectivity index (χ0) is 21.2. The van der Waals surface area contributed by atoms with Crippen LogP contribution in [0.25, 0.3) is 0 Å². The number of nitro groups is 1. The van der Waals surface area contributed by atoms with Gasteiger partial charge in [-0.2, -0.15) is 0 Å². The standard InChI is InChI=1S/C20H18N2O7/c1-12-4-6-15(7-5-12)27-16-9-13(8-14(10-16)22(25)26)21-11-17-18(23)28-20(2,3)29-19(17)24/h4-11,21H,1-3H3. The van der Waals surface area contributed by atoms with Gasteiger partial charge in [-0.15, -0.1) is 0 Å². The van der Waals surface area contributed by atoms with E-state index >= 15 is 0 Å². The predicted octanol–water partition coefficient (Wildman–Crippen LogP) is 3.83. The average molecular weight is 398 g/mol. The summed E-state index contributed by atoms with van der Waals surface area (Å²) in [6.07, 6.45) is 1.08. The van der Waals surface area contributed by atoms with Crippen molar-refractivity contribution in [2.45, 2.75) is 26.6 Å². The number of carbonyl (C=O) groups is 2. The lowest BCUT2D eigenvalue weighted by molar-refractivity contribution is -0.384. The third kappa shape index (κ3) is 4.89. The third-order valence-corrected chi connectivity index (χ3v) is 3.86. The average Bonchev–Trinajstić information content (AvgIpc) is 2.62. The van der Waals surface area contributed by atoms with Gasteiger partial charge in [-0.1, -0.05) is 17.7 Å². The Morgan fingerprint density at radius 2 is 1.66 bits per heavy atom. The molecule has 0 unspecified atom stereocenters. The first-order chi connectivity index (χ1) is 13.6. The van der Waals surface area contributed by atoms with Crippen LogP contribution in [-0.2, 0) is 19.1 Å². The summed E-state index contributed by atoms with van der Waals surface area (Å²) in [5.41, 5.74) is 0.682. The number of nitro benzene ring substituents is 1. The van der Waals surface area contributed by atoms with Crippen molar-refractivity contribution in [1.29, 1.82) is 0 Å². The predicted molar refractivity (Wildman–Crippen MR) is 102 cm³/mol. The summed E-state index contributed by atoms with van der Waals surface area (Å²) in [5, 5.41) is 13.9. The van der Waals surface area contributed by atoms with Crippen LogP contribution in [0.2, 0.25) is 0 Å². The maximum atomic E-state index is 12.0. The van der Waals surface area contributed by atoms with Crippen molar-refractivity contribution in [1.82, 2.24) is 0 Å². The van der Waals surface area contributed by atoms with Gasteiger partial charge in [0.25, 0.3) is 11.5 Å². The Morgan fingerprint density at radius 1 is 1.03 bits per heavy atom. The van der Waals surface area contributed by atoms with Gasteiger partial charge < -0.3 is 19.5 Å². The van der Waals surface area contributed by atoms with Gasteiger partial charge >= 0.3 is 11.9 Å². The molecule has 2 aromatic carbocycles. The van der Waals surface area contributed by atoms with Gasteiger partial charge in [0, 0.05) is 37.9 Å². The smallest absolute Gasteiger partial charge is 0.350 e. The van der Waals surface area contributed by atoms with Crippen molar-refractivity contribution < 1.29 is 28.7 Å². The molecule has 2 aromatic rings. The van der Waals surface area contributed by atoms with Crippen molar-refractivity contribution in [3.8, 4) is 11.5 Å². The number of aryl methyl sites for hydroxylation is 1. The van der Waals surface area contributed by atoms with Crippen molar-refractivity contribution in [3.63, 3.8) is 0 Å². The second-order valence-corrected chi connectivity index (χ2v) is 6.77. The zero-order valence-corrected chi connectivity index (χ0v) is 15.9. The summed E-state index contributed by atoms with van der Waals surface area (Å²) in [5.74, 6) is -2.37. The van der Waals surface area contributed by atoms with Gasteiger partial charge in [-0.3, -0.25) is 10.1 Å². The second kappa shape index (κ2) is 7.63. The van der Waals surface area contributed by atoms with Crippen molar-refractivity contribution in [3.05, 3.63) is 69.9 Å². The molecule has 0 spiro atoms. The largest absolute Gasteiger partial charge is 0.457 e. The Morgan fingerprint density at radius 3 is 2.24 bits per heavy atom. The number of ether oxygens (including phenoxy) is 3. The van der Waals surface area contributed by atoms with Crippen LogP contribution in [0.15, 0.2) is 54.2 Å². The topological polar surface area (TPSA) is 117 Å². The fourth-order valence-electron chi connectivity index (χ4n) is 2.51. The van der Waals surface area contributed by atoms with E-state index in [9.17, 15) is 19.7 Å². The van der Waals surface area contributed by atoms with Gasteiger partial charge in [-0.05, 0) is 19.1 Å². The molecule has 0 aromatic heterocycles. The van der Waals surface area contributed by atoms with Gasteiger partial charge in [0.1, 0.15) is 11.5 Å². The summed E-state index contributed by atoms with van der Waals surface area (Å²) in [6, 6.07) is 11.2. The number of esters is 2. The van der Waals surface area contributed by atoms with Crippen LogP contribution in [0, 0.1) is 17.0 Å². The number of nitrogens with one attached hydrogen (secondary N) is 1. The highest BCUT2D eigenvalue weighted by Gasteiger charge is 2.38. The second-order valence-electron chi connectivity index (χ2n) is 6.77. The van der Waals surface area contributed by atoms with E-state index in [1.54, 1.807) is 12.1 Å². The van der Waals surface area contributed by atoms with E-state index in [2.05, 4.69) is 5.32 Å². The molecule has 9 heteroatoms. The fraction of sp³-hybridized carbons (Fsp3) is 0.200. The molecule has 0 radical (unpaired) electrons. The molecule has 1 saturated heterocycles. The number of anilines is 1. The first-order valence-corrected chi connectivity index (χ1v) is 8.60. The van der Waals surface area contributed by atoms with E-state index in [1.807, 2.05) is 19.1 Å². The molecular formula is C20H18N2O7. The number of benzene rings is 2. The minimum absolute atomic E-state index is 0.207. The van der Waals surface area contributed by atoms with E-state index in [1.165, 1.54) is 32.0 Å². The Bertz CT molecular complexity index is 988. The molecule has 9 nitrogen and oxygen atoms in total. The number of cyclic esters (lactones) is 2. The molecule has 1 heterocycles. The summed E-state index contributed by atoms with van der Waals surface area (Å²) < 4.78 is 15.7. The van der Waals surface area contributed by atoms with Crippen molar-refractivity contribution >= 4 is 23.3 Å². The highest BCUT2D eigenvalue weighted by molar-refractivity contribution is 6.15. The first kappa shape index (κ1) is 19.9. The highest BCUT2D eigenvalue weighted by Crippen LogP contribution is 2.30. The van der Waals surface area contributed by atoms with Crippen LogP contribution < -0.4 is 10.1 Å². The molecule has 0 amide bonds. The van der Waals surface area contributed by atoms with Crippen LogP contribution in [-0.4, -0.2) is 22.6 Å². The molecule has 1 N–H and O–H groups in total. The Balaban J connectivity index is 1.86. The normalized spacial score (nSPS) is 15.2. The lowest BCUT2D eigenvalue weighted by Crippen LogP contribution is -2.42. The van der Waals surface area contributed by atoms with E-state index in [-0.39, 0.29) is 22.7 Å². The molecule has 1 fully saturated rings. The van der Waals surface area contributed by atoms with Gasteiger partial charge in [0.2, 0.25) is 0 Å². The van der Waals surface area contributed by atoms with E-state index in [0.29, 0.717) is 5.75 Å². The van der Waals surface area contributed by atoms with Gasteiger partial charge in [0.15, 0.2) is 5.57 Å². The Labute approximate surface area is 166 Å². The third-order valence-electron chi connectivity index (χ3n) is 3.86. The molecule has 0 saturated carbocycles. The lowest BCUT2D eigenvalue weighted by Gasteiger charge is -2.29. The lowest BCUT2D eigenvalue weighted by atomic mass is 10.2. The maximum Gasteiger partial charge on any atom is 0.350 e. The minimum atomic E-state index is -1.36. The summed E-state index contributed by atoms with van der Waals surface area (Å²) >= 11 is 0. The zero-order valence-electron chi connectivity index (χ0n) is 15.9. The van der Waals surface area contributed by atoms with Crippen molar-refractivity contribution in [2.75, 3.05) is 5.32 Å². The van der Waals surface area contributed by atoms with Gasteiger partial charge in [-0.25, -0.2) is 9.59 Å². The van der Waals surface area contributed by atoms with Crippen LogP contribution in [0.5, 0.6) is 11.5 Å². The SMILES string of the molecule is Cc1ccc(Oc2cc(NC=C3C(=O)OC(C)(C)OC3=O)cc([N+](=O)[O-])c2)cc1. The summed E-state index contributed by atoms with van der Waals surface area (Å²) in [7, 11) is 0. The minimum Gasteiger partial charge on any atom is -0.457 e. The number of non-ortho nitro benzene ring substituents is 1. The number of hydrogen-bond donors (Lipinski definition) is 1.